The monoisotopic (exact) mass is 439 g/mol. The van der Waals surface area contributed by atoms with E-state index in [9.17, 15) is 9.59 Å². The van der Waals surface area contributed by atoms with Crippen molar-refractivity contribution in [3.8, 4) is 0 Å². The average Bonchev–Trinajstić information content (AvgIpc) is 3.15. The fourth-order valence-electron chi connectivity index (χ4n) is 4.12. The molecule has 1 fully saturated rings. The number of hydrogen-bond donors (Lipinski definition) is 3. The maximum atomic E-state index is 13.0. The Hall–Kier alpha value is -2.83. The smallest absolute Gasteiger partial charge is 0.293 e. The number of fused-ring (bicyclic) bond motifs is 1. The average molecular weight is 440 g/mol. The molecule has 1 aromatic heterocycles. The summed E-state index contributed by atoms with van der Waals surface area (Å²) in [6.45, 7) is 3.04. The first-order valence-electron chi connectivity index (χ1n) is 10.7. The summed E-state index contributed by atoms with van der Waals surface area (Å²) in [4.78, 5) is 26.0. The molecule has 1 heterocycles. The zero-order chi connectivity index (χ0) is 21.8. The number of rotatable bonds is 6. The van der Waals surface area contributed by atoms with Crippen LogP contribution in [0, 0.1) is 5.92 Å². The third kappa shape index (κ3) is 4.92. The maximum absolute atomic E-state index is 13.0. The van der Waals surface area contributed by atoms with Crippen molar-refractivity contribution in [3.63, 3.8) is 0 Å². The molecule has 3 aromatic rings. The molecule has 0 unspecified atom stereocenters. The molecule has 0 atom stereocenters. The van der Waals surface area contributed by atoms with Crippen LogP contribution >= 0.6 is 11.6 Å². The number of anilines is 2. The molecule has 162 valence electrons. The van der Waals surface area contributed by atoms with Crippen molar-refractivity contribution in [3.05, 3.63) is 59.3 Å². The largest absolute Gasteiger partial charge is 0.449 e. The van der Waals surface area contributed by atoms with Crippen LogP contribution in [0.3, 0.4) is 0 Å². The van der Waals surface area contributed by atoms with Gasteiger partial charge in [-0.15, -0.1) is 0 Å². The number of carbonyl (C=O) groups excluding carboxylic acids is 2. The van der Waals surface area contributed by atoms with Gasteiger partial charge in [-0.2, -0.15) is 0 Å². The lowest BCUT2D eigenvalue weighted by atomic mass is 9.85. The topological polar surface area (TPSA) is 83.4 Å². The van der Waals surface area contributed by atoms with Crippen LogP contribution in [0.15, 0.2) is 52.9 Å². The Morgan fingerprint density at radius 2 is 1.71 bits per heavy atom. The summed E-state index contributed by atoms with van der Waals surface area (Å²) in [5.74, 6) is -0.478. The van der Waals surface area contributed by atoms with Gasteiger partial charge in [0.1, 0.15) is 11.3 Å². The molecule has 0 aliphatic heterocycles. The van der Waals surface area contributed by atoms with Gasteiger partial charge < -0.3 is 20.4 Å². The van der Waals surface area contributed by atoms with E-state index in [1.807, 2.05) is 18.2 Å². The Kier molecular flexibility index (Phi) is 6.59. The highest BCUT2D eigenvalue weighted by Gasteiger charge is 2.29. The molecule has 2 aromatic carbocycles. The van der Waals surface area contributed by atoms with Crippen molar-refractivity contribution >= 4 is 45.8 Å². The highest BCUT2D eigenvalue weighted by atomic mass is 35.5. The minimum Gasteiger partial charge on any atom is -0.449 e. The van der Waals surface area contributed by atoms with Gasteiger partial charge in [0.05, 0.1) is 0 Å². The minimum atomic E-state index is -0.426. The Bertz CT molecular complexity index is 1070. The van der Waals surface area contributed by atoms with Crippen molar-refractivity contribution in [2.24, 2.45) is 5.92 Å². The Morgan fingerprint density at radius 3 is 2.42 bits per heavy atom. The van der Waals surface area contributed by atoms with Crippen molar-refractivity contribution < 1.29 is 14.0 Å². The van der Waals surface area contributed by atoms with E-state index in [1.54, 1.807) is 30.3 Å². The Labute approximate surface area is 186 Å². The van der Waals surface area contributed by atoms with Crippen LogP contribution in [-0.4, -0.2) is 24.4 Å². The van der Waals surface area contributed by atoms with Crippen molar-refractivity contribution in [2.75, 3.05) is 17.2 Å². The van der Waals surface area contributed by atoms with E-state index < -0.39 is 5.91 Å². The first-order chi connectivity index (χ1) is 15.0. The van der Waals surface area contributed by atoms with Gasteiger partial charge in [-0.1, -0.05) is 30.7 Å². The first kappa shape index (κ1) is 21.4. The summed E-state index contributed by atoms with van der Waals surface area (Å²) in [5.41, 5.74) is 1.56. The SMILES string of the molecule is CCNC1CCC(C(=O)Nc2c(C(=O)Nc3ccc(Cl)cc3)oc3ccccc23)CC1. The molecule has 1 saturated carbocycles. The molecule has 2 amide bonds. The van der Waals surface area contributed by atoms with Gasteiger partial charge in [0.25, 0.3) is 5.91 Å². The predicted octanol–water partition coefficient (Wildman–Crippen LogP) is 5.45. The Morgan fingerprint density at radius 1 is 1.00 bits per heavy atom. The third-order valence-corrected chi connectivity index (χ3v) is 5.99. The summed E-state index contributed by atoms with van der Waals surface area (Å²) in [7, 11) is 0. The first-order valence-corrected chi connectivity index (χ1v) is 11.1. The molecule has 7 heteroatoms. The van der Waals surface area contributed by atoms with Gasteiger partial charge in [0.2, 0.25) is 11.7 Å². The summed E-state index contributed by atoms with van der Waals surface area (Å²) >= 11 is 5.92. The molecular weight excluding hydrogens is 414 g/mol. The van der Waals surface area contributed by atoms with Gasteiger partial charge >= 0.3 is 0 Å². The lowest BCUT2D eigenvalue weighted by molar-refractivity contribution is -0.120. The molecule has 6 nitrogen and oxygen atoms in total. The van der Waals surface area contributed by atoms with E-state index in [-0.39, 0.29) is 17.6 Å². The Balaban J connectivity index is 1.54. The fourth-order valence-corrected chi connectivity index (χ4v) is 4.25. The van der Waals surface area contributed by atoms with E-state index in [4.69, 9.17) is 16.0 Å². The predicted molar refractivity (Wildman–Crippen MR) is 124 cm³/mol. The standard InChI is InChI=1S/C24H26ClN3O3/c1-2-26-17-11-7-15(8-12-17)23(29)28-21-19-5-3-4-6-20(19)31-22(21)24(30)27-18-13-9-16(25)10-14-18/h3-6,9-10,13-15,17,26H,2,7-8,11-12H2,1H3,(H,27,30)(H,28,29). The van der Waals surface area contributed by atoms with E-state index in [0.717, 1.165) is 32.2 Å². The van der Waals surface area contributed by atoms with E-state index in [2.05, 4.69) is 22.9 Å². The summed E-state index contributed by atoms with van der Waals surface area (Å²) in [6, 6.07) is 14.6. The number of nitrogens with one attached hydrogen (secondary N) is 3. The highest BCUT2D eigenvalue weighted by Crippen LogP contribution is 2.33. The summed E-state index contributed by atoms with van der Waals surface area (Å²) in [5, 5.41) is 10.5. The zero-order valence-electron chi connectivity index (χ0n) is 17.4. The quantitative estimate of drug-likeness (QED) is 0.477. The lowest BCUT2D eigenvalue weighted by Crippen LogP contribution is -2.36. The van der Waals surface area contributed by atoms with Crippen molar-refractivity contribution in [1.29, 1.82) is 0 Å². The van der Waals surface area contributed by atoms with Crippen LogP contribution in [0.2, 0.25) is 5.02 Å². The molecule has 4 rings (SSSR count). The zero-order valence-corrected chi connectivity index (χ0v) is 18.2. The second kappa shape index (κ2) is 9.54. The van der Waals surface area contributed by atoms with E-state index >= 15 is 0 Å². The highest BCUT2D eigenvalue weighted by molar-refractivity contribution is 6.30. The molecule has 0 radical (unpaired) electrons. The van der Waals surface area contributed by atoms with Gasteiger partial charge in [0, 0.05) is 28.1 Å². The van der Waals surface area contributed by atoms with Gasteiger partial charge in [-0.3, -0.25) is 9.59 Å². The van der Waals surface area contributed by atoms with Crippen LogP contribution < -0.4 is 16.0 Å². The van der Waals surface area contributed by atoms with Gasteiger partial charge in [-0.25, -0.2) is 0 Å². The number of para-hydroxylation sites is 1. The second-order valence-corrected chi connectivity index (χ2v) is 8.30. The molecule has 0 saturated heterocycles. The van der Waals surface area contributed by atoms with Gasteiger partial charge in [0.15, 0.2) is 0 Å². The van der Waals surface area contributed by atoms with E-state index in [1.165, 1.54) is 0 Å². The van der Waals surface area contributed by atoms with Crippen LogP contribution in [0.25, 0.3) is 11.0 Å². The van der Waals surface area contributed by atoms with Crippen LogP contribution in [0.1, 0.15) is 43.2 Å². The lowest BCUT2D eigenvalue weighted by Gasteiger charge is -2.28. The minimum absolute atomic E-state index is 0.0676. The molecule has 0 spiro atoms. The van der Waals surface area contributed by atoms with Crippen LogP contribution in [0.4, 0.5) is 11.4 Å². The van der Waals surface area contributed by atoms with Crippen LogP contribution in [-0.2, 0) is 4.79 Å². The van der Waals surface area contributed by atoms with Crippen LogP contribution in [0.5, 0.6) is 0 Å². The molecular formula is C24H26ClN3O3. The third-order valence-electron chi connectivity index (χ3n) is 5.74. The van der Waals surface area contributed by atoms with Gasteiger partial charge in [-0.05, 0) is 68.6 Å². The normalized spacial score (nSPS) is 18.6. The number of halogens is 1. The second-order valence-electron chi connectivity index (χ2n) is 7.86. The molecule has 3 N–H and O–H groups in total. The number of carbonyl (C=O) groups is 2. The van der Waals surface area contributed by atoms with E-state index in [0.29, 0.717) is 33.4 Å². The number of furan rings is 1. The molecule has 31 heavy (non-hydrogen) atoms. The van der Waals surface area contributed by atoms with Crippen molar-refractivity contribution in [2.45, 2.75) is 38.6 Å². The molecule has 0 bridgehead atoms. The molecule has 1 aliphatic carbocycles. The summed E-state index contributed by atoms with van der Waals surface area (Å²) < 4.78 is 5.83. The molecule has 1 aliphatic rings. The number of hydrogen-bond acceptors (Lipinski definition) is 4. The maximum Gasteiger partial charge on any atom is 0.293 e. The summed E-state index contributed by atoms with van der Waals surface area (Å²) in [6.07, 6.45) is 3.60. The number of amides is 2. The van der Waals surface area contributed by atoms with Crippen molar-refractivity contribution in [1.82, 2.24) is 5.32 Å². The number of benzene rings is 2. The fraction of sp³-hybridized carbons (Fsp3) is 0.333.